The van der Waals surface area contributed by atoms with Crippen LogP contribution in [-0.4, -0.2) is 44.6 Å². The minimum Gasteiger partial charge on any atom is -0.385 e. The molecule has 0 spiro atoms. The molecule has 0 aliphatic carbocycles. The number of ether oxygens (including phenoxy) is 1. The van der Waals surface area contributed by atoms with Crippen LogP contribution in [0.2, 0.25) is 0 Å². The molecule has 0 fully saturated rings. The monoisotopic (exact) mass is 156 g/mol. The third-order valence-electron chi connectivity index (χ3n) is 1.92. The molecule has 0 atom stereocenters. The van der Waals surface area contributed by atoms with E-state index in [1.807, 2.05) is 0 Å². The van der Waals surface area contributed by atoms with E-state index in [1.165, 1.54) is 5.84 Å². The summed E-state index contributed by atoms with van der Waals surface area (Å²) in [6.07, 6.45) is 2.14. The Kier molecular flexibility index (Phi) is 3.36. The van der Waals surface area contributed by atoms with E-state index < -0.39 is 0 Å². The van der Waals surface area contributed by atoms with Crippen molar-refractivity contribution in [3.8, 4) is 0 Å². The van der Waals surface area contributed by atoms with Crippen LogP contribution in [0.25, 0.3) is 0 Å². The Bertz CT molecular complexity index is 145. The van der Waals surface area contributed by atoms with Gasteiger partial charge < -0.3 is 9.64 Å². The largest absolute Gasteiger partial charge is 0.385 e. The first kappa shape index (κ1) is 8.53. The van der Waals surface area contributed by atoms with Crippen LogP contribution in [-0.2, 0) is 4.74 Å². The number of rotatable bonds is 4. The maximum Gasteiger partial charge on any atom is 0.0988 e. The second kappa shape index (κ2) is 4.34. The minimum absolute atomic E-state index is 0.840. The molecule has 3 heteroatoms. The lowest BCUT2D eigenvalue weighted by atomic mass is 10.3. The molecule has 0 N–H and O–H groups in total. The number of methoxy groups -OCH3 is 1. The van der Waals surface area contributed by atoms with Gasteiger partial charge in [-0.05, 0) is 6.42 Å². The van der Waals surface area contributed by atoms with E-state index in [4.69, 9.17) is 4.74 Å². The minimum atomic E-state index is 0.840. The van der Waals surface area contributed by atoms with Gasteiger partial charge in [-0.1, -0.05) is 0 Å². The van der Waals surface area contributed by atoms with Crippen molar-refractivity contribution in [3.05, 3.63) is 0 Å². The number of hydrogen-bond acceptors (Lipinski definition) is 3. The van der Waals surface area contributed by atoms with E-state index in [0.29, 0.717) is 0 Å². The Morgan fingerprint density at radius 1 is 1.64 bits per heavy atom. The van der Waals surface area contributed by atoms with Crippen molar-refractivity contribution >= 4 is 5.84 Å². The third-order valence-corrected chi connectivity index (χ3v) is 1.92. The molecule has 1 rings (SSSR count). The SMILES string of the molecule is COCCCC1=NCCN1C. The van der Waals surface area contributed by atoms with E-state index in [-0.39, 0.29) is 0 Å². The van der Waals surface area contributed by atoms with E-state index >= 15 is 0 Å². The zero-order valence-corrected chi connectivity index (χ0v) is 7.34. The van der Waals surface area contributed by atoms with Crippen molar-refractivity contribution in [1.29, 1.82) is 0 Å². The molecule has 3 nitrogen and oxygen atoms in total. The number of aliphatic imine (C=N–C) groups is 1. The Hall–Kier alpha value is -0.570. The van der Waals surface area contributed by atoms with Gasteiger partial charge in [0.05, 0.1) is 12.4 Å². The zero-order valence-electron chi connectivity index (χ0n) is 7.34. The lowest BCUT2D eigenvalue weighted by Crippen LogP contribution is -2.22. The van der Waals surface area contributed by atoms with Crippen LogP contribution < -0.4 is 0 Å². The molecule has 64 valence electrons. The van der Waals surface area contributed by atoms with Crippen molar-refractivity contribution in [2.45, 2.75) is 12.8 Å². The highest BCUT2D eigenvalue weighted by atomic mass is 16.5. The van der Waals surface area contributed by atoms with Crippen molar-refractivity contribution in [2.24, 2.45) is 4.99 Å². The molecular formula is C8H16N2O. The first-order valence-electron chi connectivity index (χ1n) is 4.08. The molecule has 1 aliphatic rings. The fraction of sp³-hybridized carbons (Fsp3) is 0.875. The van der Waals surface area contributed by atoms with Crippen LogP contribution in [0.1, 0.15) is 12.8 Å². The number of likely N-dealkylation sites (N-methyl/N-ethyl adjacent to an activating group) is 1. The van der Waals surface area contributed by atoms with Gasteiger partial charge in [-0.3, -0.25) is 4.99 Å². The molecular weight excluding hydrogens is 140 g/mol. The molecule has 0 aromatic heterocycles. The first-order valence-corrected chi connectivity index (χ1v) is 4.08. The van der Waals surface area contributed by atoms with Crippen molar-refractivity contribution in [2.75, 3.05) is 33.9 Å². The summed E-state index contributed by atoms with van der Waals surface area (Å²) in [6, 6.07) is 0. The van der Waals surface area contributed by atoms with Crippen LogP contribution in [0.5, 0.6) is 0 Å². The standard InChI is InChI=1S/C8H16N2O/c1-10-6-5-9-8(10)4-3-7-11-2/h3-7H2,1-2H3. The van der Waals surface area contributed by atoms with Gasteiger partial charge in [-0.15, -0.1) is 0 Å². The maximum absolute atomic E-state index is 4.96. The van der Waals surface area contributed by atoms with E-state index in [2.05, 4.69) is 16.9 Å². The van der Waals surface area contributed by atoms with Gasteiger partial charge in [-0.2, -0.15) is 0 Å². The second-order valence-corrected chi connectivity index (χ2v) is 2.82. The number of hydrogen-bond donors (Lipinski definition) is 0. The van der Waals surface area contributed by atoms with Gasteiger partial charge >= 0.3 is 0 Å². The second-order valence-electron chi connectivity index (χ2n) is 2.82. The highest BCUT2D eigenvalue weighted by molar-refractivity contribution is 5.83. The summed E-state index contributed by atoms with van der Waals surface area (Å²) < 4.78 is 4.96. The van der Waals surface area contributed by atoms with Gasteiger partial charge in [0.1, 0.15) is 0 Å². The number of amidine groups is 1. The molecule has 0 unspecified atom stereocenters. The molecule has 0 saturated carbocycles. The Balaban J connectivity index is 2.15. The van der Waals surface area contributed by atoms with Crippen molar-refractivity contribution in [3.63, 3.8) is 0 Å². The summed E-state index contributed by atoms with van der Waals surface area (Å²) in [6.45, 7) is 2.90. The van der Waals surface area contributed by atoms with E-state index in [0.717, 1.165) is 32.5 Å². The highest BCUT2D eigenvalue weighted by Crippen LogP contribution is 2.03. The average molecular weight is 156 g/mol. The van der Waals surface area contributed by atoms with Crippen molar-refractivity contribution < 1.29 is 4.74 Å². The molecule has 0 aromatic carbocycles. The van der Waals surface area contributed by atoms with Gasteiger partial charge in [-0.25, -0.2) is 0 Å². The Morgan fingerprint density at radius 2 is 2.45 bits per heavy atom. The molecule has 11 heavy (non-hydrogen) atoms. The molecule has 0 amide bonds. The maximum atomic E-state index is 4.96. The Labute approximate surface area is 68.1 Å². The molecule has 0 aromatic rings. The van der Waals surface area contributed by atoms with Crippen LogP contribution in [0, 0.1) is 0 Å². The summed E-state index contributed by atoms with van der Waals surface area (Å²) in [4.78, 5) is 6.59. The van der Waals surface area contributed by atoms with Crippen LogP contribution in [0.15, 0.2) is 4.99 Å². The van der Waals surface area contributed by atoms with Crippen LogP contribution in [0.4, 0.5) is 0 Å². The molecule has 0 radical (unpaired) electrons. The smallest absolute Gasteiger partial charge is 0.0988 e. The lowest BCUT2D eigenvalue weighted by Gasteiger charge is -2.12. The predicted molar refractivity (Wildman–Crippen MR) is 46.0 cm³/mol. The highest BCUT2D eigenvalue weighted by Gasteiger charge is 2.10. The quantitative estimate of drug-likeness (QED) is 0.561. The normalized spacial score (nSPS) is 17.3. The topological polar surface area (TPSA) is 24.8 Å². The lowest BCUT2D eigenvalue weighted by molar-refractivity contribution is 0.196. The van der Waals surface area contributed by atoms with Gasteiger partial charge in [0.15, 0.2) is 0 Å². The van der Waals surface area contributed by atoms with Gasteiger partial charge in [0.25, 0.3) is 0 Å². The van der Waals surface area contributed by atoms with E-state index in [9.17, 15) is 0 Å². The summed E-state index contributed by atoms with van der Waals surface area (Å²) in [5.74, 6) is 1.24. The van der Waals surface area contributed by atoms with Gasteiger partial charge in [0.2, 0.25) is 0 Å². The molecule has 0 saturated heterocycles. The number of nitrogens with zero attached hydrogens (tertiary/aromatic N) is 2. The zero-order chi connectivity index (χ0) is 8.10. The Morgan fingerprint density at radius 3 is 3.00 bits per heavy atom. The summed E-state index contributed by atoms with van der Waals surface area (Å²) in [5.41, 5.74) is 0. The van der Waals surface area contributed by atoms with Crippen molar-refractivity contribution in [1.82, 2.24) is 4.90 Å². The average Bonchev–Trinajstić information content (AvgIpc) is 2.37. The third kappa shape index (κ3) is 2.50. The van der Waals surface area contributed by atoms with Gasteiger partial charge in [0, 0.05) is 33.7 Å². The first-order chi connectivity index (χ1) is 5.34. The summed E-state index contributed by atoms with van der Waals surface area (Å²) >= 11 is 0. The van der Waals surface area contributed by atoms with E-state index in [1.54, 1.807) is 7.11 Å². The molecule has 1 heterocycles. The summed E-state index contributed by atoms with van der Waals surface area (Å²) in [5, 5.41) is 0. The van der Waals surface area contributed by atoms with Crippen LogP contribution in [0.3, 0.4) is 0 Å². The fourth-order valence-electron chi connectivity index (χ4n) is 1.22. The summed E-state index contributed by atoms with van der Waals surface area (Å²) in [7, 11) is 3.83. The molecule has 0 bridgehead atoms. The van der Waals surface area contributed by atoms with Crippen LogP contribution >= 0.6 is 0 Å². The molecule has 1 aliphatic heterocycles. The fourth-order valence-corrected chi connectivity index (χ4v) is 1.22. The predicted octanol–water partition coefficient (Wildman–Crippen LogP) is 0.757.